The average molecular weight is 362 g/mol. The summed E-state index contributed by atoms with van der Waals surface area (Å²) in [6.45, 7) is 1.96. The summed E-state index contributed by atoms with van der Waals surface area (Å²) in [4.78, 5) is 23.9. The zero-order valence-electron chi connectivity index (χ0n) is 13.9. The lowest BCUT2D eigenvalue weighted by atomic mass is 10.1. The van der Waals surface area contributed by atoms with Gasteiger partial charge in [-0.15, -0.1) is 0 Å². The highest BCUT2D eigenvalue weighted by Gasteiger charge is 2.12. The average Bonchev–Trinajstić information content (AvgIpc) is 2.54. The summed E-state index contributed by atoms with van der Waals surface area (Å²) in [5.41, 5.74) is 1.15. The second-order valence-electron chi connectivity index (χ2n) is 5.40. The van der Waals surface area contributed by atoms with Crippen molar-refractivity contribution in [2.75, 3.05) is 12.9 Å². The van der Waals surface area contributed by atoms with E-state index in [1.807, 2.05) is 0 Å². The zero-order valence-corrected chi connectivity index (χ0v) is 14.7. The Kier molecular flexibility index (Phi) is 5.93. The fourth-order valence-electron chi connectivity index (χ4n) is 2.11. The molecule has 0 fully saturated rings. The summed E-state index contributed by atoms with van der Waals surface area (Å²) in [7, 11) is -3.14. The predicted molar refractivity (Wildman–Crippen MR) is 92.3 cm³/mol. The SMILES string of the molecule is CCOC(=O)c1cccc(OC(=O)c2ccc(CS(C)(=O)=O)cc2)c1. The van der Waals surface area contributed by atoms with E-state index in [0.29, 0.717) is 5.56 Å². The Morgan fingerprint density at radius 3 is 2.24 bits per heavy atom. The predicted octanol–water partition coefficient (Wildman–Crippen LogP) is 2.63. The van der Waals surface area contributed by atoms with E-state index >= 15 is 0 Å². The molecule has 0 radical (unpaired) electrons. The smallest absolute Gasteiger partial charge is 0.343 e. The van der Waals surface area contributed by atoms with Crippen molar-refractivity contribution in [3.63, 3.8) is 0 Å². The number of hydrogen-bond donors (Lipinski definition) is 0. The molecule has 2 aromatic rings. The third kappa shape index (κ3) is 5.72. The lowest BCUT2D eigenvalue weighted by molar-refractivity contribution is 0.0524. The minimum absolute atomic E-state index is 0.0933. The van der Waals surface area contributed by atoms with Gasteiger partial charge in [0.25, 0.3) is 0 Å². The van der Waals surface area contributed by atoms with E-state index in [9.17, 15) is 18.0 Å². The van der Waals surface area contributed by atoms with E-state index in [0.717, 1.165) is 6.26 Å². The highest BCUT2D eigenvalue weighted by Crippen LogP contribution is 2.17. The van der Waals surface area contributed by atoms with Crippen LogP contribution in [0.5, 0.6) is 5.75 Å². The molecule has 0 saturated heterocycles. The number of hydrogen-bond acceptors (Lipinski definition) is 6. The fraction of sp³-hybridized carbons (Fsp3) is 0.222. The standard InChI is InChI=1S/C18H18O6S/c1-3-23-17(19)15-5-4-6-16(11-15)24-18(20)14-9-7-13(8-10-14)12-25(2,21)22/h4-11H,3,12H2,1-2H3. The minimum atomic E-state index is -3.14. The summed E-state index contributed by atoms with van der Waals surface area (Å²) >= 11 is 0. The first kappa shape index (κ1) is 18.7. The van der Waals surface area contributed by atoms with E-state index in [-0.39, 0.29) is 29.2 Å². The lowest BCUT2D eigenvalue weighted by Crippen LogP contribution is -2.10. The van der Waals surface area contributed by atoms with Crippen molar-refractivity contribution in [3.8, 4) is 5.75 Å². The van der Waals surface area contributed by atoms with Gasteiger partial charge in [-0.2, -0.15) is 0 Å². The highest BCUT2D eigenvalue weighted by molar-refractivity contribution is 7.89. The molecule has 0 saturated carbocycles. The summed E-state index contributed by atoms with van der Waals surface area (Å²) < 4.78 is 32.7. The van der Waals surface area contributed by atoms with Gasteiger partial charge in [-0.1, -0.05) is 18.2 Å². The molecule has 132 valence electrons. The molecule has 6 nitrogen and oxygen atoms in total. The van der Waals surface area contributed by atoms with Gasteiger partial charge in [0.15, 0.2) is 9.84 Å². The van der Waals surface area contributed by atoms with E-state index in [4.69, 9.17) is 9.47 Å². The molecule has 0 amide bonds. The van der Waals surface area contributed by atoms with Crippen LogP contribution in [0.2, 0.25) is 0 Å². The second-order valence-corrected chi connectivity index (χ2v) is 7.55. The molecule has 0 aliphatic heterocycles. The van der Waals surface area contributed by atoms with E-state index in [2.05, 4.69) is 0 Å². The summed E-state index contributed by atoms with van der Waals surface area (Å²) in [5.74, 6) is -0.975. The van der Waals surface area contributed by atoms with Gasteiger partial charge >= 0.3 is 11.9 Å². The van der Waals surface area contributed by atoms with Crippen LogP contribution in [-0.4, -0.2) is 33.2 Å². The van der Waals surface area contributed by atoms with Gasteiger partial charge in [0.1, 0.15) is 5.75 Å². The van der Waals surface area contributed by atoms with Crippen molar-refractivity contribution in [1.82, 2.24) is 0 Å². The Morgan fingerprint density at radius 1 is 0.960 bits per heavy atom. The van der Waals surface area contributed by atoms with E-state index < -0.39 is 21.8 Å². The van der Waals surface area contributed by atoms with Gasteiger partial charge in [-0.25, -0.2) is 18.0 Å². The molecule has 0 unspecified atom stereocenters. The highest BCUT2D eigenvalue weighted by atomic mass is 32.2. The van der Waals surface area contributed by atoms with Gasteiger partial charge in [-0.05, 0) is 42.8 Å². The van der Waals surface area contributed by atoms with Crippen LogP contribution in [-0.2, 0) is 20.3 Å². The molecule has 0 bridgehead atoms. The van der Waals surface area contributed by atoms with Crippen LogP contribution >= 0.6 is 0 Å². The Hall–Kier alpha value is -2.67. The Labute approximate surface area is 146 Å². The first-order chi connectivity index (χ1) is 11.8. The van der Waals surface area contributed by atoms with E-state index in [1.165, 1.54) is 18.2 Å². The first-order valence-corrected chi connectivity index (χ1v) is 9.60. The van der Waals surface area contributed by atoms with Gasteiger partial charge < -0.3 is 9.47 Å². The Morgan fingerprint density at radius 2 is 1.64 bits per heavy atom. The van der Waals surface area contributed by atoms with Crippen molar-refractivity contribution in [3.05, 3.63) is 65.2 Å². The third-order valence-corrected chi connectivity index (χ3v) is 4.03. The maximum Gasteiger partial charge on any atom is 0.343 e. The number of benzene rings is 2. The molecular weight excluding hydrogens is 344 g/mol. The Balaban J connectivity index is 2.09. The maximum absolute atomic E-state index is 12.2. The zero-order chi connectivity index (χ0) is 18.4. The van der Waals surface area contributed by atoms with Gasteiger partial charge in [-0.3, -0.25) is 0 Å². The fourth-order valence-corrected chi connectivity index (χ4v) is 2.90. The number of rotatable bonds is 6. The Bertz CT molecular complexity index is 869. The van der Waals surface area contributed by atoms with Crippen LogP contribution in [0.25, 0.3) is 0 Å². The molecule has 0 aromatic heterocycles. The monoisotopic (exact) mass is 362 g/mol. The van der Waals surface area contributed by atoms with Crippen molar-refractivity contribution in [1.29, 1.82) is 0 Å². The summed E-state index contributed by atoms with van der Waals surface area (Å²) in [5, 5.41) is 0. The van der Waals surface area contributed by atoms with Crippen molar-refractivity contribution < 1.29 is 27.5 Å². The molecule has 0 aliphatic carbocycles. The number of esters is 2. The van der Waals surface area contributed by atoms with Crippen LogP contribution in [0, 0.1) is 0 Å². The minimum Gasteiger partial charge on any atom is -0.462 e. The third-order valence-electron chi connectivity index (χ3n) is 3.17. The van der Waals surface area contributed by atoms with Gasteiger partial charge in [0.05, 0.1) is 23.5 Å². The van der Waals surface area contributed by atoms with Crippen LogP contribution < -0.4 is 4.74 Å². The molecule has 0 heterocycles. The summed E-state index contributed by atoms with van der Waals surface area (Å²) in [6, 6.07) is 12.3. The molecule has 0 spiro atoms. The number of carbonyl (C=O) groups is 2. The molecule has 2 rings (SSSR count). The van der Waals surface area contributed by atoms with Gasteiger partial charge in [0, 0.05) is 6.26 Å². The van der Waals surface area contributed by atoms with Crippen LogP contribution in [0.4, 0.5) is 0 Å². The van der Waals surface area contributed by atoms with Crippen molar-refractivity contribution in [2.24, 2.45) is 0 Å². The number of ether oxygens (including phenoxy) is 2. The molecule has 7 heteroatoms. The molecule has 25 heavy (non-hydrogen) atoms. The molecule has 0 atom stereocenters. The van der Waals surface area contributed by atoms with Crippen molar-refractivity contribution in [2.45, 2.75) is 12.7 Å². The summed E-state index contributed by atoms with van der Waals surface area (Å²) in [6.07, 6.45) is 1.14. The normalized spacial score (nSPS) is 11.0. The topological polar surface area (TPSA) is 86.7 Å². The van der Waals surface area contributed by atoms with Crippen LogP contribution in [0.3, 0.4) is 0 Å². The lowest BCUT2D eigenvalue weighted by Gasteiger charge is -2.07. The molecule has 0 N–H and O–H groups in total. The van der Waals surface area contributed by atoms with Gasteiger partial charge in [0.2, 0.25) is 0 Å². The quantitative estimate of drug-likeness (QED) is 0.580. The van der Waals surface area contributed by atoms with Crippen LogP contribution in [0.1, 0.15) is 33.2 Å². The largest absolute Gasteiger partial charge is 0.462 e. The second kappa shape index (κ2) is 7.94. The number of carbonyl (C=O) groups excluding carboxylic acids is 2. The molecule has 0 aliphatic rings. The van der Waals surface area contributed by atoms with E-state index in [1.54, 1.807) is 37.3 Å². The number of sulfone groups is 1. The molecule has 2 aromatic carbocycles. The van der Waals surface area contributed by atoms with Crippen LogP contribution in [0.15, 0.2) is 48.5 Å². The maximum atomic E-state index is 12.2. The molecular formula is C18H18O6S. The van der Waals surface area contributed by atoms with Crippen molar-refractivity contribution >= 4 is 21.8 Å². The first-order valence-electron chi connectivity index (χ1n) is 7.54.